The van der Waals surface area contributed by atoms with Crippen LogP contribution < -0.4 is 0 Å². The van der Waals surface area contributed by atoms with E-state index in [4.69, 9.17) is 9.47 Å². The van der Waals surface area contributed by atoms with E-state index in [0.717, 1.165) is 57.8 Å². The van der Waals surface area contributed by atoms with Gasteiger partial charge >= 0.3 is 11.9 Å². The molecule has 0 spiro atoms. The Bertz CT molecular complexity index is 1360. The SMILES string of the molecule is CC/C=C\C/C=C\C/C=C\C/C=C\CCCCCCCCCCCCCCCCCCCCC(=O)OC(CO)COC(=O)CCCCCCCCCCCCCCCCCCCCCCCCC/C=C\CCCCCCCCCC. The molecule has 5 nitrogen and oxygen atoms in total. The minimum absolute atomic E-state index is 0.0609. The first-order valence-electron chi connectivity index (χ1n) is 35.8. The van der Waals surface area contributed by atoms with Crippen LogP contribution in [0.1, 0.15) is 386 Å². The van der Waals surface area contributed by atoms with Gasteiger partial charge in [0.05, 0.1) is 6.61 Å². The second-order valence-corrected chi connectivity index (χ2v) is 24.3. The highest BCUT2D eigenvalue weighted by Gasteiger charge is 2.16. The summed E-state index contributed by atoms with van der Waals surface area (Å²) in [7, 11) is 0. The molecule has 0 aliphatic carbocycles. The average Bonchev–Trinajstić information content (AvgIpc) is 3.46. The van der Waals surface area contributed by atoms with Crippen molar-refractivity contribution in [1.82, 2.24) is 0 Å². The molecule has 0 saturated heterocycles. The molecule has 0 bridgehead atoms. The Hall–Kier alpha value is -2.40. The van der Waals surface area contributed by atoms with Crippen LogP contribution in [0.15, 0.2) is 60.8 Å². The van der Waals surface area contributed by atoms with Gasteiger partial charge in [0.15, 0.2) is 6.10 Å². The summed E-state index contributed by atoms with van der Waals surface area (Å²) in [6, 6.07) is 0. The Morgan fingerprint density at radius 1 is 0.300 bits per heavy atom. The van der Waals surface area contributed by atoms with Gasteiger partial charge in [-0.3, -0.25) is 9.59 Å². The monoisotopic (exact) mass is 1120 g/mol. The lowest BCUT2D eigenvalue weighted by Gasteiger charge is -2.15. The molecule has 0 radical (unpaired) electrons. The van der Waals surface area contributed by atoms with Crippen molar-refractivity contribution < 1.29 is 24.2 Å². The second-order valence-electron chi connectivity index (χ2n) is 24.3. The molecule has 1 N–H and O–H groups in total. The Balaban J connectivity index is 3.39. The zero-order valence-electron chi connectivity index (χ0n) is 53.9. The fourth-order valence-electron chi connectivity index (χ4n) is 11.0. The highest BCUT2D eigenvalue weighted by Crippen LogP contribution is 2.19. The number of unbranched alkanes of at least 4 members (excludes halogenated alkanes) is 49. The van der Waals surface area contributed by atoms with Crippen molar-refractivity contribution in [2.45, 2.75) is 392 Å². The predicted octanol–water partition coefficient (Wildman–Crippen LogP) is 24.9. The van der Waals surface area contributed by atoms with Gasteiger partial charge in [-0.15, -0.1) is 0 Å². The van der Waals surface area contributed by atoms with Gasteiger partial charge in [0.2, 0.25) is 0 Å². The normalized spacial score (nSPS) is 12.5. The molecule has 468 valence electrons. The molecule has 80 heavy (non-hydrogen) atoms. The molecule has 0 aromatic heterocycles. The van der Waals surface area contributed by atoms with E-state index in [1.807, 2.05) is 0 Å². The van der Waals surface area contributed by atoms with E-state index in [0.29, 0.717) is 12.8 Å². The van der Waals surface area contributed by atoms with Crippen LogP contribution in [0.5, 0.6) is 0 Å². The predicted molar refractivity (Wildman–Crippen MR) is 353 cm³/mol. The van der Waals surface area contributed by atoms with Gasteiger partial charge in [0.1, 0.15) is 6.61 Å². The van der Waals surface area contributed by atoms with Crippen LogP contribution in [-0.4, -0.2) is 36.4 Å². The Labute approximate surface area is 500 Å². The summed E-state index contributed by atoms with van der Waals surface area (Å²) in [5, 5.41) is 9.71. The molecule has 5 heteroatoms. The van der Waals surface area contributed by atoms with Gasteiger partial charge in [-0.1, -0.05) is 357 Å². The first kappa shape index (κ1) is 77.6. The quantitative estimate of drug-likeness (QED) is 0.0373. The summed E-state index contributed by atoms with van der Waals surface area (Å²) < 4.78 is 10.8. The molecule has 0 heterocycles. The third kappa shape index (κ3) is 68.1. The summed E-state index contributed by atoms with van der Waals surface area (Å²) in [4.78, 5) is 24.7. The van der Waals surface area contributed by atoms with Gasteiger partial charge in [0.25, 0.3) is 0 Å². The van der Waals surface area contributed by atoms with Crippen LogP contribution in [0.3, 0.4) is 0 Å². The van der Waals surface area contributed by atoms with Crippen LogP contribution in [-0.2, 0) is 19.1 Å². The molecule has 0 aromatic carbocycles. The molecule has 0 rings (SSSR count). The fourth-order valence-corrected chi connectivity index (χ4v) is 11.0. The highest BCUT2D eigenvalue weighted by atomic mass is 16.6. The fraction of sp³-hybridized carbons (Fsp3) is 0.840. The molecule has 0 aromatic rings. The Morgan fingerprint density at radius 3 is 0.825 bits per heavy atom. The molecular formula is C75H138O5. The average molecular weight is 1120 g/mol. The third-order valence-electron chi connectivity index (χ3n) is 16.3. The van der Waals surface area contributed by atoms with Crippen molar-refractivity contribution in [2.24, 2.45) is 0 Å². The van der Waals surface area contributed by atoms with Crippen molar-refractivity contribution in [1.29, 1.82) is 0 Å². The molecule has 0 saturated carbocycles. The Kier molecular flexibility index (Phi) is 68.7. The molecule has 0 amide bonds. The van der Waals surface area contributed by atoms with E-state index in [-0.39, 0.29) is 25.2 Å². The summed E-state index contributed by atoms with van der Waals surface area (Å²) in [5.74, 6) is -0.569. The maximum absolute atomic E-state index is 12.4. The smallest absolute Gasteiger partial charge is 0.306 e. The molecular weight excluding hydrogens is 981 g/mol. The number of hydrogen-bond donors (Lipinski definition) is 1. The van der Waals surface area contributed by atoms with Crippen molar-refractivity contribution in [3.05, 3.63) is 60.8 Å². The number of esters is 2. The first-order chi connectivity index (χ1) is 39.6. The minimum atomic E-state index is -0.772. The molecule has 1 unspecified atom stereocenters. The van der Waals surface area contributed by atoms with Gasteiger partial charge in [-0.2, -0.15) is 0 Å². The maximum Gasteiger partial charge on any atom is 0.306 e. The van der Waals surface area contributed by atoms with E-state index in [1.54, 1.807) is 0 Å². The summed E-state index contributed by atoms with van der Waals surface area (Å²) >= 11 is 0. The lowest BCUT2D eigenvalue weighted by molar-refractivity contribution is -0.161. The minimum Gasteiger partial charge on any atom is -0.462 e. The summed E-state index contributed by atoms with van der Waals surface area (Å²) in [6.45, 7) is 4.08. The molecule has 1 atom stereocenters. The zero-order chi connectivity index (χ0) is 57.6. The van der Waals surface area contributed by atoms with Crippen molar-refractivity contribution in [3.8, 4) is 0 Å². The number of carbonyl (C=O) groups excluding carboxylic acids is 2. The number of aliphatic hydroxyl groups is 1. The van der Waals surface area contributed by atoms with Crippen LogP contribution in [0.4, 0.5) is 0 Å². The first-order valence-corrected chi connectivity index (χ1v) is 35.8. The number of allylic oxidation sites excluding steroid dienone is 10. The molecule has 0 aliphatic heterocycles. The number of hydrogen-bond acceptors (Lipinski definition) is 5. The van der Waals surface area contributed by atoms with E-state index >= 15 is 0 Å². The lowest BCUT2D eigenvalue weighted by Crippen LogP contribution is -2.28. The van der Waals surface area contributed by atoms with E-state index in [1.165, 1.54) is 302 Å². The second kappa shape index (κ2) is 70.9. The maximum atomic E-state index is 12.4. The number of ether oxygens (including phenoxy) is 2. The summed E-state index contributed by atoms with van der Waals surface area (Å²) in [5.41, 5.74) is 0. The van der Waals surface area contributed by atoms with Crippen LogP contribution in [0.2, 0.25) is 0 Å². The molecule has 0 aliphatic rings. The standard InChI is InChI=1S/C75H138O5/c1-3-5-7-9-11-13-15-17-19-21-23-25-27-29-31-33-35-36-37-38-40-41-43-45-47-49-51-53-55-57-59-61-63-65-67-69-74(77)79-72-73(71-76)80-75(78)70-68-66-64-62-60-58-56-54-52-50-48-46-44-42-39-34-32-30-28-26-24-22-20-18-16-14-12-10-8-6-4-2/h6,8,12,14,18,20-21,23-24,26,73,76H,3-5,7,9-11,13,15-17,19,22,25,27-72H2,1-2H3/b8-6-,14-12-,20-18-,23-21-,26-24-. The van der Waals surface area contributed by atoms with E-state index in [9.17, 15) is 14.7 Å². The van der Waals surface area contributed by atoms with Crippen LogP contribution >= 0.6 is 0 Å². The van der Waals surface area contributed by atoms with Gasteiger partial charge in [-0.05, 0) is 77.0 Å². The number of rotatable bonds is 67. The van der Waals surface area contributed by atoms with Crippen molar-refractivity contribution in [3.63, 3.8) is 0 Å². The van der Waals surface area contributed by atoms with Crippen molar-refractivity contribution >= 4 is 11.9 Å². The largest absolute Gasteiger partial charge is 0.462 e. The number of aliphatic hydroxyl groups excluding tert-OH is 1. The lowest BCUT2D eigenvalue weighted by atomic mass is 10.0. The van der Waals surface area contributed by atoms with E-state index in [2.05, 4.69) is 74.6 Å². The van der Waals surface area contributed by atoms with E-state index < -0.39 is 6.10 Å². The van der Waals surface area contributed by atoms with Gasteiger partial charge < -0.3 is 14.6 Å². The molecule has 0 fully saturated rings. The Morgan fingerprint density at radius 2 is 0.537 bits per heavy atom. The number of carbonyl (C=O) groups is 2. The van der Waals surface area contributed by atoms with Gasteiger partial charge in [0, 0.05) is 12.8 Å². The van der Waals surface area contributed by atoms with Crippen LogP contribution in [0, 0.1) is 0 Å². The zero-order valence-corrected chi connectivity index (χ0v) is 53.9. The third-order valence-corrected chi connectivity index (χ3v) is 16.3. The van der Waals surface area contributed by atoms with Gasteiger partial charge in [-0.25, -0.2) is 0 Å². The topological polar surface area (TPSA) is 72.8 Å². The van der Waals surface area contributed by atoms with Crippen LogP contribution in [0.25, 0.3) is 0 Å². The van der Waals surface area contributed by atoms with Crippen molar-refractivity contribution in [2.75, 3.05) is 13.2 Å². The summed E-state index contributed by atoms with van der Waals surface area (Å²) in [6.07, 6.45) is 97.0. The highest BCUT2D eigenvalue weighted by molar-refractivity contribution is 5.70.